The van der Waals surface area contributed by atoms with Gasteiger partial charge >= 0.3 is 0 Å². The first-order valence-electron chi connectivity index (χ1n) is 11.2. The Morgan fingerprint density at radius 1 is 1.07 bits per heavy atom. The van der Waals surface area contributed by atoms with Gasteiger partial charge in [-0.05, 0) is 25.3 Å². The minimum absolute atomic E-state index is 0.0473. The molecule has 1 aliphatic carbocycles. The van der Waals surface area contributed by atoms with Crippen LogP contribution in [0.15, 0.2) is 24.3 Å². The molecule has 0 unspecified atom stereocenters. The maximum Gasteiger partial charge on any atom is 0.242 e. The van der Waals surface area contributed by atoms with E-state index in [0.717, 1.165) is 18.4 Å². The van der Waals surface area contributed by atoms with Crippen molar-refractivity contribution in [2.24, 2.45) is 0 Å². The normalized spacial score (nSPS) is 23.7. The molecule has 3 aliphatic rings. The van der Waals surface area contributed by atoms with Crippen LogP contribution in [0.3, 0.4) is 0 Å². The molecule has 1 aromatic rings. The van der Waals surface area contributed by atoms with E-state index in [-0.39, 0.29) is 30.7 Å². The van der Waals surface area contributed by atoms with E-state index in [2.05, 4.69) is 34.5 Å². The van der Waals surface area contributed by atoms with Crippen molar-refractivity contribution in [1.82, 2.24) is 20.0 Å². The standard InChI is InChI=1S/C23H32N4O3/c1-17-6-8-18(9-7-17)15-25-11-10-24-23(30)20(25)14-21(28)26-12-13-27(22(29)16-26)19-4-2-3-5-19/h6-9,19-20H,2-5,10-16H2,1H3,(H,24,30)/t20-/m0/s1. The highest BCUT2D eigenvalue weighted by Crippen LogP contribution is 2.25. The van der Waals surface area contributed by atoms with Crippen LogP contribution in [0.25, 0.3) is 0 Å². The molecular formula is C23H32N4O3. The SMILES string of the molecule is Cc1ccc(CN2CCNC(=O)[C@@H]2CC(=O)N2CCN(C3CCCC3)C(=O)C2)cc1. The summed E-state index contributed by atoms with van der Waals surface area (Å²) in [5, 5.41) is 2.89. The van der Waals surface area contributed by atoms with Crippen molar-refractivity contribution in [2.75, 3.05) is 32.7 Å². The Hall–Kier alpha value is -2.41. The van der Waals surface area contributed by atoms with E-state index < -0.39 is 6.04 Å². The van der Waals surface area contributed by atoms with Gasteiger partial charge in [0, 0.05) is 38.8 Å². The lowest BCUT2D eigenvalue weighted by Gasteiger charge is -2.39. The molecule has 2 aliphatic heterocycles. The van der Waals surface area contributed by atoms with Gasteiger partial charge in [0.2, 0.25) is 17.7 Å². The predicted molar refractivity (Wildman–Crippen MR) is 114 cm³/mol. The Morgan fingerprint density at radius 2 is 1.80 bits per heavy atom. The van der Waals surface area contributed by atoms with Gasteiger partial charge in [0.25, 0.3) is 0 Å². The Bertz CT molecular complexity index is 788. The van der Waals surface area contributed by atoms with Crippen LogP contribution < -0.4 is 5.32 Å². The molecular weight excluding hydrogens is 380 g/mol. The number of nitrogens with one attached hydrogen (secondary N) is 1. The largest absolute Gasteiger partial charge is 0.353 e. The number of carbonyl (C=O) groups excluding carboxylic acids is 3. The van der Waals surface area contributed by atoms with Crippen LogP contribution in [-0.2, 0) is 20.9 Å². The van der Waals surface area contributed by atoms with Crippen molar-refractivity contribution >= 4 is 17.7 Å². The molecule has 7 nitrogen and oxygen atoms in total. The number of rotatable bonds is 5. The zero-order valence-corrected chi connectivity index (χ0v) is 17.8. The fraction of sp³-hybridized carbons (Fsp3) is 0.609. The van der Waals surface area contributed by atoms with Crippen LogP contribution in [0, 0.1) is 6.92 Å². The summed E-state index contributed by atoms with van der Waals surface area (Å²) in [4.78, 5) is 43.8. The van der Waals surface area contributed by atoms with E-state index in [1.54, 1.807) is 4.90 Å². The Kier molecular flexibility index (Phi) is 6.37. The summed E-state index contributed by atoms with van der Waals surface area (Å²) >= 11 is 0. The minimum Gasteiger partial charge on any atom is -0.353 e. The zero-order chi connectivity index (χ0) is 21.1. The average Bonchev–Trinajstić information content (AvgIpc) is 3.26. The third-order valence-corrected chi connectivity index (χ3v) is 6.69. The van der Waals surface area contributed by atoms with E-state index in [0.29, 0.717) is 38.8 Å². The lowest BCUT2D eigenvalue weighted by atomic mass is 10.0. The molecule has 7 heteroatoms. The van der Waals surface area contributed by atoms with Crippen molar-refractivity contribution in [2.45, 2.75) is 57.7 Å². The van der Waals surface area contributed by atoms with Crippen LogP contribution in [0.1, 0.15) is 43.2 Å². The number of piperazine rings is 2. The van der Waals surface area contributed by atoms with Crippen LogP contribution in [-0.4, -0.2) is 77.2 Å². The second-order valence-electron chi connectivity index (χ2n) is 8.81. The van der Waals surface area contributed by atoms with E-state index in [1.807, 2.05) is 11.8 Å². The van der Waals surface area contributed by atoms with Crippen LogP contribution >= 0.6 is 0 Å². The number of amides is 3. The summed E-state index contributed by atoms with van der Waals surface area (Å²) in [6.07, 6.45) is 4.65. The summed E-state index contributed by atoms with van der Waals surface area (Å²) < 4.78 is 0. The fourth-order valence-corrected chi connectivity index (χ4v) is 4.90. The molecule has 0 bridgehead atoms. The first-order chi connectivity index (χ1) is 14.5. The van der Waals surface area contributed by atoms with Crippen molar-refractivity contribution < 1.29 is 14.4 Å². The third-order valence-electron chi connectivity index (χ3n) is 6.69. The second-order valence-corrected chi connectivity index (χ2v) is 8.81. The summed E-state index contributed by atoms with van der Waals surface area (Å²) in [6.45, 7) is 5.31. The Morgan fingerprint density at radius 3 is 2.50 bits per heavy atom. The summed E-state index contributed by atoms with van der Waals surface area (Å²) in [5.41, 5.74) is 2.33. The summed E-state index contributed by atoms with van der Waals surface area (Å²) in [7, 11) is 0. The van der Waals surface area contributed by atoms with Gasteiger partial charge in [-0.3, -0.25) is 19.3 Å². The van der Waals surface area contributed by atoms with Crippen molar-refractivity contribution in [3.05, 3.63) is 35.4 Å². The molecule has 30 heavy (non-hydrogen) atoms. The molecule has 162 valence electrons. The van der Waals surface area contributed by atoms with Gasteiger partial charge in [-0.15, -0.1) is 0 Å². The molecule has 1 atom stereocenters. The molecule has 3 amide bonds. The topological polar surface area (TPSA) is 73.0 Å². The molecule has 1 N–H and O–H groups in total. The van der Waals surface area contributed by atoms with Crippen LogP contribution in [0.4, 0.5) is 0 Å². The van der Waals surface area contributed by atoms with Gasteiger partial charge in [0.05, 0.1) is 19.0 Å². The van der Waals surface area contributed by atoms with Gasteiger partial charge < -0.3 is 15.1 Å². The predicted octanol–water partition coefficient (Wildman–Crippen LogP) is 1.30. The smallest absolute Gasteiger partial charge is 0.242 e. The lowest BCUT2D eigenvalue weighted by molar-refractivity contribution is -0.148. The van der Waals surface area contributed by atoms with E-state index in [1.165, 1.54) is 18.4 Å². The quantitative estimate of drug-likeness (QED) is 0.791. The van der Waals surface area contributed by atoms with Crippen molar-refractivity contribution in [1.29, 1.82) is 0 Å². The zero-order valence-electron chi connectivity index (χ0n) is 17.8. The number of benzene rings is 1. The number of nitrogens with zero attached hydrogens (tertiary/aromatic N) is 3. The first kappa shape index (κ1) is 20.8. The number of carbonyl (C=O) groups is 3. The van der Waals surface area contributed by atoms with Crippen LogP contribution in [0.5, 0.6) is 0 Å². The minimum atomic E-state index is -0.490. The molecule has 0 aromatic heterocycles. The van der Waals surface area contributed by atoms with Crippen molar-refractivity contribution in [3.63, 3.8) is 0 Å². The first-order valence-corrected chi connectivity index (χ1v) is 11.2. The molecule has 1 aromatic carbocycles. The molecule has 2 saturated heterocycles. The van der Waals surface area contributed by atoms with E-state index >= 15 is 0 Å². The molecule has 2 heterocycles. The Balaban J connectivity index is 1.37. The number of hydrogen-bond acceptors (Lipinski definition) is 4. The van der Waals surface area contributed by atoms with E-state index in [9.17, 15) is 14.4 Å². The maximum atomic E-state index is 13.0. The third kappa shape index (κ3) is 4.67. The van der Waals surface area contributed by atoms with Crippen LogP contribution in [0.2, 0.25) is 0 Å². The molecule has 0 spiro atoms. The molecule has 4 rings (SSSR count). The van der Waals surface area contributed by atoms with Gasteiger partial charge in [-0.2, -0.15) is 0 Å². The second kappa shape index (κ2) is 9.16. The van der Waals surface area contributed by atoms with Crippen molar-refractivity contribution in [3.8, 4) is 0 Å². The van der Waals surface area contributed by atoms with E-state index in [4.69, 9.17) is 0 Å². The fourth-order valence-electron chi connectivity index (χ4n) is 4.90. The lowest BCUT2D eigenvalue weighted by Crippen LogP contribution is -2.58. The molecule has 1 saturated carbocycles. The van der Waals surface area contributed by atoms with Gasteiger partial charge in [0.1, 0.15) is 0 Å². The van der Waals surface area contributed by atoms with Gasteiger partial charge in [0.15, 0.2) is 0 Å². The monoisotopic (exact) mass is 412 g/mol. The maximum absolute atomic E-state index is 13.0. The molecule has 3 fully saturated rings. The number of hydrogen-bond donors (Lipinski definition) is 1. The van der Waals surface area contributed by atoms with Gasteiger partial charge in [-0.25, -0.2) is 0 Å². The Labute approximate surface area is 178 Å². The molecule has 0 radical (unpaired) electrons. The van der Waals surface area contributed by atoms with Gasteiger partial charge in [-0.1, -0.05) is 42.7 Å². The summed E-state index contributed by atoms with van der Waals surface area (Å²) in [5.74, 6) is -0.158. The number of aryl methyl sites for hydroxylation is 1. The highest BCUT2D eigenvalue weighted by molar-refractivity contribution is 5.91. The average molecular weight is 413 g/mol. The highest BCUT2D eigenvalue weighted by Gasteiger charge is 2.36. The highest BCUT2D eigenvalue weighted by atomic mass is 16.2. The summed E-state index contributed by atoms with van der Waals surface area (Å²) in [6, 6.07) is 8.13.